The lowest BCUT2D eigenvalue weighted by Gasteiger charge is -2.10. The van der Waals surface area contributed by atoms with Gasteiger partial charge in [0.05, 0.1) is 5.02 Å². The van der Waals surface area contributed by atoms with Gasteiger partial charge in [-0.3, -0.25) is 0 Å². The lowest BCUT2D eigenvalue weighted by atomic mass is 9.97. The predicted octanol–water partition coefficient (Wildman–Crippen LogP) is 3.48. The molecule has 0 N–H and O–H groups in total. The Bertz CT molecular complexity index is 326. The first-order valence-corrected chi connectivity index (χ1v) is 4.83. The number of aryl methyl sites for hydroxylation is 1. The zero-order valence-corrected chi connectivity index (χ0v) is 8.94. The number of halogens is 2. The Kier molecular flexibility index (Phi) is 3.64. The maximum atomic E-state index is 13.2. The highest BCUT2D eigenvalue weighted by Gasteiger charge is 2.10. The van der Waals surface area contributed by atoms with Crippen molar-refractivity contribution in [3.05, 3.63) is 34.1 Å². The fourth-order valence-electron chi connectivity index (χ4n) is 1.32. The van der Waals surface area contributed by atoms with Crippen molar-refractivity contribution >= 4 is 17.9 Å². The standard InChI is InChI=1S/C11H12ClFO/c1-7(3-4-14)9-5-8(2)11(13)10(12)6-9/h4-7H,3H2,1-2H3. The minimum atomic E-state index is -0.381. The van der Waals surface area contributed by atoms with Crippen LogP contribution in [-0.2, 0) is 4.79 Å². The van der Waals surface area contributed by atoms with E-state index in [1.54, 1.807) is 19.1 Å². The van der Waals surface area contributed by atoms with Gasteiger partial charge in [0.2, 0.25) is 0 Å². The lowest BCUT2D eigenvalue weighted by molar-refractivity contribution is -0.108. The SMILES string of the molecule is Cc1cc(C(C)CC=O)cc(Cl)c1F. The van der Waals surface area contributed by atoms with E-state index in [0.29, 0.717) is 12.0 Å². The van der Waals surface area contributed by atoms with Gasteiger partial charge in [-0.05, 0) is 30.0 Å². The third-order valence-corrected chi connectivity index (χ3v) is 2.53. The molecule has 1 unspecified atom stereocenters. The van der Waals surface area contributed by atoms with Gasteiger partial charge in [-0.1, -0.05) is 24.6 Å². The highest BCUT2D eigenvalue weighted by Crippen LogP contribution is 2.26. The monoisotopic (exact) mass is 214 g/mol. The van der Waals surface area contributed by atoms with Crippen molar-refractivity contribution in [2.75, 3.05) is 0 Å². The molecular weight excluding hydrogens is 203 g/mol. The molecule has 76 valence electrons. The maximum absolute atomic E-state index is 13.2. The van der Waals surface area contributed by atoms with Crippen LogP contribution in [0.2, 0.25) is 5.02 Å². The van der Waals surface area contributed by atoms with Gasteiger partial charge in [-0.15, -0.1) is 0 Å². The molecule has 0 radical (unpaired) electrons. The normalized spacial score (nSPS) is 12.6. The minimum absolute atomic E-state index is 0.0873. The molecule has 0 saturated heterocycles. The molecule has 0 aromatic heterocycles. The summed E-state index contributed by atoms with van der Waals surface area (Å²) in [6.45, 7) is 3.58. The van der Waals surface area contributed by atoms with E-state index in [1.807, 2.05) is 6.92 Å². The smallest absolute Gasteiger partial charge is 0.144 e. The fraction of sp³-hybridized carbons (Fsp3) is 0.364. The number of carbonyl (C=O) groups is 1. The van der Waals surface area contributed by atoms with Gasteiger partial charge in [0.15, 0.2) is 0 Å². The van der Waals surface area contributed by atoms with E-state index in [9.17, 15) is 9.18 Å². The summed E-state index contributed by atoms with van der Waals surface area (Å²) in [4.78, 5) is 10.3. The molecule has 0 aliphatic heterocycles. The molecule has 1 rings (SSSR count). The molecule has 0 amide bonds. The summed E-state index contributed by atoms with van der Waals surface area (Å²) in [6, 6.07) is 3.31. The van der Waals surface area contributed by atoms with E-state index < -0.39 is 0 Å². The van der Waals surface area contributed by atoms with Crippen LogP contribution in [0.1, 0.15) is 30.4 Å². The average molecular weight is 215 g/mol. The van der Waals surface area contributed by atoms with Gasteiger partial charge in [0.25, 0.3) is 0 Å². The topological polar surface area (TPSA) is 17.1 Å². The Morgan fingerprint density at radius 1 is 1.57 bits per heavy atom. The summed E-state index contributed by atoms with van der Waals surface area (Å²) in [6.07, 6.45) is 1.29. The second kappa shape index (κ2) is 4.56. The Balaban J connectivity index is 3.05. The minimum Gasteiger partial charge on any atom is -0.303 e. The Hall–Kier alpha value is -0.890. The van der Waals surface area contributed by atoms with Gasteiger partial charge < -0.3 is 4.79 Å². The average Bonchev–Trinajstić information content (AvgIpc) is 2.13. The summed E-state index contributed by atoms with van der Waals surface area (Å²) >= 11 is 5.70. The molecule has 0 aliphatic rings. The van der Waals surface area contributed by atoms with Crippen LogP contribution in [0.5, 0.6) is 0 Å². The number of hydrogen-bond donors (Lipinski definition) is 0. The Morgan fingerprint density at radius 2 is 2.21 bits per heavy atom. The lowest BCUT2D eigenvalue weighted by Crippen LogP contribution is -1.97. The first kappa shape index (κ1) is 11.2. The molecule has 1 aromatic carbocycles. The molecule has 1 atom stereocenters. The van der Waals surface area contributed by atoms with Crippen LogP contribution in [0, 0.1) is 12.7 Å². The molecular formula is C11H12ClFO. The molecule has 0 bridgehead atoms. The van der Waals surface area contributed by atoms with Crippen LogP contribution in [-0.4, -0.2) is 6.29 Å². The van der Waals surface area contributed by atoms with E-state index in [1.165, 1.54) is 0 Å². The van der Waals surface area contributed by atoms with E-state index in [-0.39, 0.29) is 16.8 Å². The number of hydrogen-bond acceptors (Lipinski definition) is 1. The second-order valence-electron chi connectivity index (χ2n) is 3.44. The van der Waals surface area contributed by atoms with Gasteiger partial charge >= 0.3 is 0 Å². The van der Waals surface area contributed by atoms with Crippen molar-refractivity contribution in [2.45, 2.75) is 26.2 Å². The molecule has 0 heterocycles. The highest BCUT2D eigenvalue weighted by atomic mass is 35.5. The zero-order valence-electron chi connectivity index (χ0n) is 8.18. The number of carbonyl (C=O) groups excluding carboxylic acids is 1. The largest absolute Gasteiger partial charge is 0.303 e. The quantitative estimate of drug-likeness (QED) is 0.704. The van der Waals surface area contributed by atoms with Crippen LogP contribution in [0.25, 0.3) is 0 Å². The summed E-state index contributed by atoms with van der Waals surface area (Å²) in [7, 11) is 0. The van der Waals surface area contributed by atoms with Gasteiger partial charge in [0, 0.05) is 6.42 Å². The number of aldehydes is 1. The van der Waals surface area contributed by atoms with Crippen molar-refractivity contribution in [3.63, 3.8) is 0 Å². The molecule has 0 saturated carbocycles. The summed E-state index contributed by atoms with van der Waals surface area (Å²) in [5.41, 5.74) is 1.42. The van der Waals surface area contributed by atoms with E-state index in [4.69, 9.17) is 11.6 Å². The molecule has 0 aliphatic carbocycles. The molecule has 14 heavy (non-hydrogen) atoms. The van der Waals surface area contributed by atoms with Crippen LogP contribution in [0.3, 0.4) is 0 Å². The van der Waals surface area contributed by atoms with E-state index >= 15 is 0 Å². The van der Waals surface area contributed by atoms with Crippen LogP contribution >= 0.6 is 11.6 Å². The highest BCUT2D eigenvalue weighted by molar-refractivity contribution is 6.30. The molecule has 1 aromatic rings. The van der Waals surface area contributed by atoms with Crippen molar-refractivity contribution < 1.29 is 9.18 Å². The number of benzene rings is 1. The molecule has 0 fully saturated rings. The van der Waals surface area contributed by atoms with E-state index in [0.717, 1.165) is 11.8 Å². The summed E-state index contributed by atoms with van der Waals surface area (Å²) in [5, 5.41) is 0.123. The molecule has 3 heteroatoms. The van der Waals surface area contributed by atoms with Gasteiger partial charge in [-0.25, -0.2) is 4.39 Å². The van der Waals surface area contributed by atoms with Crippen molar-refractivity contribution in [3.8, 4) is 0 Å². The van der Waals surface area contributed by atoms with Gasteiger partial charge in [0.1, 0.15) is 12.1 Å². The fourth-order valence-corrected chi connectivity index (χ4v) is 1.59. The van der Waals surface area contributed by atoms with Crippen molar-refractivity contribution in [1.29, 1.82) is 0 Å². The molecule has 0 spiro atoms. The second-order valence-corrected chi connectivity index (χ2v) is 3.84. The maximum Gasteiger partial charge on any atom is 0.144 e. The predicted molar refractivity (Wildman–Crippen MR) is 55.2 cm³/mol. The third kappa shape index (κ3) is 2.32. The Morgan fingerprint density at radius 3 is 2.71 bits per heavy atom. The van der Waals surface area contributed by atoms with Crippen molar-refractivity contribution in [2.24, 2.45) is 0 Å². The number of rotatable bonds is 3. The molecule has 1 nitrogen and oxygen atoms in total. The van der Waals surface area contributed by atoms with Crippen LogP contribution in [0.4, 0.5) is 4.39 Å². The van der Waals surface area contributed by atoms with Crippen molar-refractivity contribution in [1.82, 2.24) is 0 Å². The third-order valence-electron chi connectivity index (χ3n) is 2.25. The van der Waals surface area contributed by atoms with E-state index in [2.05, 4.69) is 0 Å². The summed E-state index contributed by atoms with van der Waals surface area (Å²) in [5.74, 6) is -0.294. The summed E-state index contributed by atoms with van der Waals surface area (Å²) < 4.78 is 13.2. The first-order chi connectivity index (χ1) is 6.56. The van der Waals surface area contributed by atoms with Crippen LogP contribution < -0.4 is 0 Å². The van der Waals surface area contributed by atoms with Gasteiger partial charge in [-0.2, -0.15) is 0 Å². The van der Waals surface area contributed by atoms with Crippen LogP contribution in [0.15, 0.2) is 12.1 Å². The Labute approximate surface area is 87.9 Å². The first-order valence-electron chi connectivity index (χ1n) is 4.45. The zero-order chi connectivity index (χ0) is 10.7.